The number of amides is 5. The van der Waals surface area contributed by atoms with Crippen LogP contribution in [0.15, 0.2) is 42.5 Å². The fourth-order valence-electron chi connectivity index (χ4n) is 9.03. The van der Waals surface area contributed by atoms with Crippen LogP contribution in [0.2, 0.25) is 0 Å². The molecule has 5 amide bonds. The number of piperidine rings is 2. The summed E-state index contributed by atoms with van der Waals surface area (Å²) in [5.74, 6) is -1.93. The van der Waals surface area contributed by atoms with Crippen molar-refractivity contribution in [2.75, 3.05) is 43.0 Å². The van der Waals surface area contributed by atoms with E-state index in [2.05, 4.69) is 62.3 Å². The van der Waals surface area contributed by atoms with E-state index >= 15 is 0 Å². The molecular weight excluding hydrogens is 672 g/mol. The van der Waals surface area contributed by atoms with Crippen LogP contribution in [-0.2, 0) is 27.2 Å². The number of fused-ring (bicyclic) bond motifs is 3. The molecule has 6 heterocycles. The molecule has 3 saturated heterocycles. The molecule has 3 fully saturated rings. The number of anilines is 2. The molecule has 1 unspecified atom stereocenters. The second kappa shape index (κ2) is 12.4. The fourth-order valence-corrected chi connectivity index (χ4v) is 9.03. The zero-order valence-electron chi connectivity index (χ0n) is 30.3. The molecule has 0 radical (unpaired) electrons. The van der Waals surface area contributed by atoms with Gasteiger partial charge in [0.15, 0.2) is 0 Å². The number of H-pyrrole nitrogens is 2. The third-order valence-corrected chi connectivity index (χ3v) is 12.3. The van der Waals surface area contributed by atoms with E-state index in [0.717, 1.165) is 96.8 Å². The van der Waals surface area contributed by atoms with Crippen LogP contribution in [0.5, 0.6) is 0 Å². The summed E-state index contributed by atoms with van der Waals surface area (Å²) in [4.78, 5) is 75.1. The van der Waals surface area contributed by atoms with Crippen molar-refractivity contribution < 1.29 is 24.0 Å². The second-order valence-corrected chi connectivity index (χ2v) is 16.3. The van der Waals surface area contributed by atoms with E-state index in [0.29, 0.717) is 11.6 Å². The van der Waals surface area contributed by atoms with Gasteiger partial charge in [-0.2, -0.15) is 5.10 Å². The molecule has 274 valence electrons. The molecule has 13 heteroatoms. The Kier molecular flexibility index (Phi) is 7.84. The first-order valence-electron chi connectivity index (χ1n) is 18.8. The van der Waals surface area contributed by atoms with Crippen molar-refractivity contribution in [3.8, 4) is 11.4 Å². The molecule has 2 aromatic carbocycles. The molecule has 1 aliphatic carbocycles. The number of benzene rings is 2. The average Bonchev–Trinajstić information content (AvgIpc) is 3.80. The van der Waals surface area contributed by atoms with Gasteiger partial charge in [-0.05, 0) is 80.3 Å². The minimum atomic E-state index is -0.978. The van der Waals surface area contributed by atoms with Crippen LogP contribution in [0.4, 0.5) is 11.4 Å². The molecule has 1 atom stereocenters. The molecule has 9 rings (SSSR count). The molecule has 13 nitrogen and oxygen atoms in total. The third-order valence-electron chi connectivity index (χ3n) is 12.3. The van der Waals surface area contributed by atoms with Gasteiger partial charge in [-0.1, -0.05) is 19.9 Å². The Morgan fingerprint density at radius 1 is 0.925 bits per heavy atom. The van der Waals surface area contributed by atoms with Crippen LogP contribution in [0.25, 0.3) is 22.3 Å². The van der Waals surface area contributed by atoms with Gasteiger partial charge in [-0.15, -0.1) is 0 Å². The minimum absolute atomic E-state index is 0.0552. The van der Waals surface area contributed by atoms with E-state index in [1.807, 2.05) is 19.2 Å². The SMILES string of the molecule is CN(C(=O)C1CN(C2CCN(c3ccc4c(c3)C(=O)N(C3CCC(=O)NC3=O)C4=O)CC2)C1)c1ccc2cc(-c3n[nH]c4c3CCC(C)(C)C4)[nH]c2c1. The molecular formula is C40H44N8O5. The monoisotopic (exact) mass is 716 g/mol. The second-order valence-electron chi connectivity index (χ2n) is 16.3. The standard InChI is InChI=1S/C40H44N8O5/c1-40(2)13-10-28-32(19-40)43-44-35(28)31-16-22-4-5-25(18-30(22)41-31)45(3)37(51)23-20-47(21-23)24-11-14-46(15-12-24)26-6-7-27-29(17-26)39(53)48(38(27)52)33-8-9-34(49)42-36(33)50/h4-7,16-18,23-24,33,41H,8-15,19-21H2,1-3H3,(H,43,44)(H,42,49,50). The molecule has 0 saturated carbocycles. The van der Waals surface area contributed by atoms with Crippen LogP contribution in [0.3, 0.4) is 0 Å². The topological polar surface area (TPSA) is 155 Å². The third kappa shape index (κ3) is 5.72. The summed E-state index contributed by atoms with van der Waals surface area (Å²) in [6.45, 7) is 7.65. The summed E-state index contributed by atoms with van der Waals surface area (Å²) in [5.41, 5.74) is 8.11. The van der Waals surface area contributed by atoms with Crippen LogP contribution in [0.1, 0.15) is 77.9 Å². The van der Waals surface area contributed by atoms with E-state index < -0.39 is 29.7 Å². The van der Waals surface area contributed by atoms with Gasteiger partial charge >= 0.3 is 0 Å². The predicted octanol–water partition coefficient (Wildman–Crippen LogP) is 4.04. The minimum Gasteiger partial charge on any atom is -0.371 e. The van der Waals surface area contributed by atoms with Gasteiger partial charge in [0.25, 0.3) is 11.8 Å². The lowest BCUT2D eigenvalue weighted by atomic mass is 9.76. The number of nitrogens with one attached hydrogen (secondary N) is 3. The largest absolute Gasteiger partial charge is 0.371 e. The Morgan fingerprint density at radius 2 is 1.70 bits per heavy atom. The summed E-state index contributed by atoms with van der Waals surface area (Å²) < 4.78 is 0. The summed E-state index contributed by atoms with van der Waals surface area (Å²) in [6, 6.07) is 13.0. The number of aromatic nitrogens is 3. The summed E-state index contributed by atoms with van der Waals surface area (Å²) >= 11 is 0. The number of hydrogen-bond donors (Lipinski definition) is 3. The van der Waals surface area contributed by atoms with E-state index in [-0.39, 0.29) is 35.6 Å². The highest BCUT2D eigenvalue weighted by molar-refractivity contribution is 6.23. The molecule has 4 aliphatic heterocycles. The average molecular weight is 717 g/mol. The zero-order chi connectivity index (χ0) is 36.8. The van der Waals surface area contributed by atoms with Crippen molar-refractivity contribution in [3.05, 3.63) is 64.8 Å². The number of hydrogen-bond acceptors (Lipinski definition) is 8. The van der Waals surface area contributed by atoms with E-state index in [9.17, 15) is 24.0 Å². The lowest BCUT2D eigenvalue weighted by molar-refractivity contribution is -0.136. The van der Waals surface area contributed by atoms with Gasteiger partial charge in [-0.25, -0.2) is 0 Å². The van der Waals surface area contributed by atoms with Crippen molar-refractivity contribution in [1.29, 1.82) is 0 Å². The maximum atomic E-state index is 13.6. The lowest BCUT2D eigenvalue weighted by Gasteiger charge is -2.47. The first kappa shape index (κ1) is 33.5. The van der Waals surface area contributed by atoms with Gasteiger partial charge in [-0.3, -0.25) is 44.2 Å². The molecule has 0 bridgehead atoms. The van der Waals surface area contributed by atoms with Gasteiger partial charge in [0.1, 0.15) is 11.7 Å². The van der Waals surface area contributed by atoms with Crippen LogP contribution >= 0.6 is 0 Å². The van der Waals surface area contributed by atoms with E-state index in [1.54, 1.807) is 17.0 Å². The fraction of sp³-hybridized carbons (Fsp3) is 0.450. The molecule has 0 spiro atoms. The lowest BCUT2D eigenvalue weighted by Crippen LogP contribution is -2.59. The highest BCUT2D eigenvalue weighted by Crippen LogP contribution is 2.39. The Bertz CT molecular complexity index is 2200. The van der Waals surface area contributed by atoms with Crippen LogP contribution in [-0.4, -0.2) is 99.8 Å². The predicted molar refractivity (Wildman–Crippen MR) is 199 cm³/mol. The molecule has 53 heavy (non-hydrogen) atoms. The summed E-state index contributed by atoms with van der Waals surface area (Å²) in [7, 11) is 1.86. The molecule has 4 aromatic rings. The van der Waals surface area contributed by atoms with Crippen LogP contribution in [0, 0.1) is 11.3 Å². The molecule has 3 N–H and O–H groups in total. The number of carbonyl (C=O) groups is 5. The molecule has 2 aromatic heterocycles. The number of carbonyl (C=O) groups excluding carboxylic acids is 5. The first-order valence-corrected chi connectivity index (χ1v) is 18.8. The van der Waals surface area contributed by atoms with Crippen LogP contribution < -0.4 is 15.1 Å². The smallest absolute Gasteiger partial charge is 0.262 e. The van der Waals surface area contributed by atoms with Gasteiger partial charge in [0.05, 0.1) is 22.7 Å². The summed E-state index contributed by atoms with van der Waals surface area (Å²) in [5, 5.41) is 11.3. The van der Waals surface area contributed by atoms with Crippen molar-refractivity contribution in [3.63, 3.8) is 0 Å². The van der Waals surface area contributed by atoms with E-state index in [1.165, 1.54) is 11.3 Å². The Labute approximate surface area is 307 Å². The number of nitrogens with zero attached hydrogens (tertiary/aromatic N) is 5. The van der Waals surface area contributed by atoms with Gasteiger partial charge < -0.3 is 14.8 Å². The number of rotatable bonds is 6. The Morgan fingerprint density at radius 3 is 2.47 bits per heavy atom. The number of likely N-dealkylation sites (tertiary alicyclic amines) is 1. The van der Waals surface area contributed by atoms with Gasteiger partial charge in [0.2, 0.25) is 17.7 Å². The highest BCUT2D eigenvalue weighted by Gasteiger charge is 2.45. The van der Waals surface area contributed by atoms with Gasteiger partial charge in [0, 0.05) is 79.2 Å². The van der Waals surface area contributed by atoms with Crippen molar-refractivity contribution in [2.45, 2.75) is 70.9 Å². The quantitative estimate of drug-likeness (QED) is 0.253. The van der Waals surface area contributed by atoms with Crippen molar-refractivity contribution >= 4 is 51.8 Å². The highest BCUT2D eigenvalue weighted by atomic mass is 16.2. The first-order chi connectivity index (χ1) is 25.4. The van der Waals surface area contributed by atoms with E-state index in [4.69, 9.17) is 0 Å². The maximum Gasteiger partial charge on any atom is 0.262 e. The summed E-state index contributed by atoms with van der Waals surface area (Å²) in [6.07, 6.45) is 5.22. The maximum absolute atomic E-state index is 13.6. The Balaban J connectivity index is 0.795. The number of imide groups is 2. The normalized spacial score (nSPS) is 22.2. The van der Waals surface area contributed by atoms with Crippen molar-refractivity contribution in [2.24, 2.45) is 11.3 Å². The number of aromatic amines is 2. The zero-order valence-corrected chi connectivity index (χ0v) is 30.3. The van der Waals surface area contributed by atoms with Crippen molar-refractivity contribution in [1.82, 2.24) is 30.3 Å². The Hall–Kier alpha value is -5.30. The molecule has 5 aliphatic rings.